The van der Waals surface area contributed by atoms with E-state index in [4.69, 9.17) is 10.5 Å². The van der Waals surface area contributed by atoms with Crippen molar-refractivity contribution in [1.82, 2.24) is 4.90 Å². The van der Waals surface area contributed by atoms with Gasteiger partial charge in [0.15, 0.2) is 5.78 Å². The van der Waals surface area contributed by atoms with Crippen molar-refractivity contribution in [1.29, 1.82) is 0 Å². The number of rotatable bonds is 13. The summed E-state index contributed by atoms with van der Waals surface area (Å²) in [6, 6.07) is 11.2. The van der Waals surface area contributed by atoms with Crippen LogP contribution in [0.4, 0.5) is 17.6 Å². The second kappa shape index (κ2) is 13.8. The van der Waals surface area contributed by atoms with Crippen molar-refractivity contribution < 1.29 is 37.0 Å². The minimum atomic E-state index is -4.24. The molecular formula is C31H40F4N2O4. The number of ether oxygens (including phenoxy) is 1. The van der Waals surface area contributed by atoms with Crippen LogP contribution >= 0.6 is 0 Å². The first-order valence-corrected chi connectivity index (χ1v) is 14.0. The summed E-state index contributed by atoms with van der Waals surface area (Å²) in [7, 11) is 0. The van der Waals surface area contributed by atoms with E-state index in [2.05, 4.69) is 0 Å². The van der Waals surface area contributed by atoms with Crippen LogP contribution in [0.3, 0.4) is 0 Å². The molecule has 0 spiro atoms. The SMILES string of the molecule is CC(C[C@@H](O)CCC(=O)c1ccc(-c2ccc(OCC3CCN(CC(C)(C)C(F)(F)F)CC3)cc2)c(F)c1)C(N)=O. The molecule has 3 rings (SSSR count). The third-order valence-corrected chi connectivity index (χ3v) is 7.85. The molecule has 3 N–H and O–H groups in total. The lowest BCUT2D eigenvalue weighted by molar-refractivity contribution is -0.217. The van der Waals surface area contributed by atoms with Crippen molar-refractivity contribution in [3.63, 3.8) is 0 Å². The maximum absolute atomic E-state index is 14.9. The van der Waals surface area contributed by atoms with E-state index in [1.807, 2.05) is 4.90 Å². The van der Waals surface area contributed by atoms with E-state index < -0.39 is 35.3 Å². The van der Waals surface area contributed by atoms with Gasteiger partial charge >= 0.3 is 6.18 Å². The summed E-state index contributed by atoms with van der Waals surface area (Å²) >= 11 is 0. The standard InChI is InChI=1S/C31H40F4N2O4/c1-20(29(36)40)16-24(38)7-11-28(39)23-6-10-26(27(32)17-23)22-4-8-25(9-5-22)41-18-21-12-14-37(15-13-21)19-30(2,3)31(33,34)35/h4-6,8-10,17,20-21,24,38H,7,11-16,18-19H2,1-3H3,(H2,36,40)/t20?,24-/m0/s1. The van der Waals surface area contributed by atoms with Crippen LogP contribution in [0.15, 0.2) is 42.5 Å². The molecule has 226 valence electrons. The van der Waals surface area contributed by atoms with Crippen molar-refractivity contribution >= 4 is 11.7 Å². The van der Waals surface area contributed by atoms with Crippen LogP contribution in [0, 0.1) is 23.1 Å². The summed E-state index contributed by atoms with van der Waals surface area (Å²) in [6.45, 7) is 5.71. The van der Waals surface area contributed by atoms with Crippen molar-refractivity contribution in [3.05, 3.63) is 53.8 Å². The molecule has 2 aromatic carbocycles. The van der Waals surface area contributed by atoms with Crippen molar-refractivity contribution in [2.24, 2.45) is 23.0 Å². The number of halogens is 4. The zero-order chi connectivity index (χ0) is 30.4. The predicted molar refractivity (Wildman–Crippen MR) is 149 cm³/mol. The third kappa shape index (κ3) is 9.26. The van der Waals surface area contributed by atoms with Gasteiger partial charge in [0, 0.05) is 30.0 Å². The molecule has 1 unspecified atom stereocenters. The molecule has 0 aliphatic carbocycles. The number of amides is 1. The molecule has 0 radical (unpaired) electrons. The highest BCUT2D eigenvalue weighted by Gasteiger charge is 2.48. The molecular weight excluding hydrogens is 540 g/mol. The number of carbonyl (C=O) groups excluding carboxylic acids is 2. The molecule has 1 amide bonds. The number of likely N-dealkylation sites (tertiary alicyclic amines) is 1. The average molecular weight is 581 g/mol. The summed E-state index contributed by atoms with van der Waals surface area (Å²) in [5, 5.41) is 10.0. The Balaban J connectivity index is 1.48. The van der Waals surface area contributed by atoms with Gasteiger partial charge in [0.1, 0.15) is 11.6 Å². The second-order valence-electron chi connectivity index (χ2n) is 11.8. The monoisotopic (exact) mass is 580 g/mol. The molecule has 0 aromatic heterocycles. The smallest absolute Gasteiger partial charge is 0.395 e. The van der Waals surface area contributed by atoms with E-state index in [9.17, 15) is 32.3 Å². The number of aliphatic hydroxyl groups is 1. The molecule has 6 nitrogen and oxygen atoms in total. The molecule has 1 fully saturated rings. The van der Waals surface area contributed by atoms with Crippen LogP contribution in [-0.4, -0.2) is 60.2 Å². The minimum absolute atomic E-state index is 0.0158. The predicted octanol–water partition coefficient (Wildman–Crippen LogP) is 6.01. The van der Waals surface area contributed by atoms with Crippen LogP contribution < -0.4 is 10.5 Å². The average Bonchev–Trinajstić information content (AvgIpc) is 2.90. The Morgan fingerprint density at radius 1 is 1.10 bits per heavy atom. The number of hydrogen-bond donors (Lipinski definition) is 2. The number of nitrogens with zero attached hydrogens (tertiary/aromatic N) is 1. The van der Waals surface area contributed by atoms with Gasteiger partial charge in [-0.05, 0) is 82.3 Å². The molecule has 2 aromatic rings. The first-order chi connectivity index (χ1) is 19.2. The van der Waals surface area contributed by atoms with Gasteiger partial charge in [-0.25, -0.2) is 4.39 Å². The van der Waals surface area contributed by atoms with Gasteiger partial charge in [0.2, 0.25) is 5.91 Å². The fraction of sp³-hybridized carbons (Fsp3) is 0.548. The zero-order valence-corrected chi connectivity index (χ0v) is 23.8. The first-order valence-electron chi connectivity index (χ1n) is 14.0. The Morgan fingerprint density at radius 2 is 1.73 bits per heavy atom. The highest BCUT2D eigenvalue weighted by atomic mass is 19.4. The number of hydrogen-bond acceptors (Lipinski definition) is 5. The van der Waals surface area contributed by atoms with E-state index in [-0.39, 0.29) is 43.1 Å². The molecule has 41 heavy (non-hydrogen) atoms. The lowest BCUT2D eigenvalue weighted by Crippen LogP contribution is -2.46. The van der Waals surface area contributed by atoms with E-state index in [1.165, 1.54) is 26.0 Å². The van der Waals surface area contributed by atoms with Gasteiger partial charge in [0.25, 0.3) is 0 Å². The maximum Gasteiger partial charge on any atom is 0.395 e. The van der Waals surface area contributed by atoms with Crippen LogP contribution in [0.5, 0.6) is 5.75 Å². The first kappa shape index (κ1) is 32.5. The number of carbonyl (C=O) groups is 2. The van der Waals surface area contributed by atoms with Gasteiger partial charge in [-0.3, -0.25) is 9.59 Å². The van der Waals surface area contributed by atoms with Crippen LogP contribution in [0.25, 0.3) is 11.1 Å². The zero-order valence-electron chi connectivity index (χ0n) is 23.8. The largest absolute Gasteiger partial charge is 0.493 e. The van der Waals surface area contributed by atoms with E-state index >= 15 is 0 Å². The Morgan fingerprint density at radius 3 is 2.29 bits per heavy atom. The fourth-order valence-corrected chi connectivity index (χ4v) is 4.91. The maximum atomic E-state index is 14.9. The Hall–Kier alpha value is -2.98. The van der Waals surface area contributed by atoms with Gasteiger partial charge in [-0.2, -0.15) is 13.2 Å². The summed E-state index contributed by atoms with van der Waals surface area (Å²) in [5.74, 6) is -1.01. The Kier molecular flexibility index (Phi) is 10.9. The number of aliphatic hydroxyl groups excluding tert-OH is 1. The number of nitrogens with two attached hydrogens (primary N) is 1. The molecule has 0 saturated carbocycles. The second-order valence-corrected chi connectivity index (χ2v) is 11.8. The summed E-state index contributed by atoms with van der Waals surface area (Å²) in [4.78, 5) is 25.5. The fourth-order valence-electron chi connectivity index (χ4n) is 4.91. The molecule has 2 atom stereocenters. The molecule has 10 heteroatoms. The van der Waals surface area contributed by atoms with Crippen LogP contribution in [0.1, 0.15) is 63.2 Å². The van der Waals surface area contributed by atoms with E-state index in [0.717, 1.165) is 12.8 Å². The van der Waals surface area contributed by atoms with Crippen molar-refractivity contribution in [2.45, 2.75) is 65.2 Å². The Labute approximate surface area is 238 Å². The molecule has 1 saturated heterocycles. The lowest BCUT2D eigenvalue weighted by atomic mass is 9.89. The number of ketones is 1. The van der Waals surface area contributed by atoms with Gasteiger partial charge in [-0.1, -0.05) is 31.2 Å². The number of primary amides is 1. The van der Waals surface area contributed by atoms with Gasteiger partial charge < -0.3 is 20.5 Å². The third-order valence-electron chi connectivity index (χ3n) is 7.85. The normalized spacial score (nSPS) is 16.8. The number of alkyl halides is 3. The van der Waals surface area contributed by atoms with Crippen molar-refractivity contribution in [2.75, 3.05) is 26.2 Å². The molecule has 1 aliphatic heterocycles. The van der Waals surface area contributed by atoms with Crippen molar-refractivity contribution in [3.8, 4) is 16.9 Å². The van der Waals surface area contributed by atoms with E-state index in [0.29, 0.717) is 36.6 Å². The number of Topliss-reactive ketones (excluding diaryl/α,β-unsaturated/α-hetero) is 1. The summed E-state index contributed by atoms with van der Waals surface area (Å²) in [6.07, 6.45) is -3.24. The van der Waals surface area contributed by atoms with Crippen LogP contribution in [0.2, 0.25) is 0 Å². The highest BCUT2D eigenvalue weighted by molar-refractivity contribution is 5.96. The topological polar surface area (TPSA) is 92.9 Å². The highest BCUT2D eigenvalue weighted by Crippen LogP contribution is 2.38. The van der Waals surface area contributed by atoms with E-state index in [1.54, 1.807) is 37.3 Å². The van der Waals surface area contributed by atoms with Gasteiger partial charge in [-0.15, -0.1) is 0 Å². The summed E-state index contributed by atoms with van der Waals surface area (Å²) < 4.78 is 60.4. The Bertz CT molecular complexity index is 1180. The lowest BCUT2D eigenvalue weighted by Gasteiger charge is -2.38. The van der Waals surface area contributed by atoms with Crippen LogP contribution in [-0.2, 0) is 4.79 Å². The molecule has 0 bridgehead atoms. The summed E-state index contributed by atoms with van der Waals surface area (Å²) in [5.41, 5.74) is 4.60. The minimum Gasteiger partial charge on any atom is -0.493 e. The quantitative estimate of drug-likeness (QED) is 0.224. The number of benzene rings is 2. The van der Waals surface area contributed by atoms with Gasteiger partial charge in [0.05, 0.1) is 18.1 Å². The molecule has 1 heterocycles. The number of piperidine rings is 1. The molecule has 1 aliphatic rings.